The standard InChI is InChI=1S/C15H19ClN2O/c16-13-2-1-3-14(10-13)18-8-6-17(7-9-18)11-15(19)12-4-5-12/h1-3,10,12H,4-9,11H2. The number of piperazine rings is 1. The minimum atomic E-state index is 0.381. The van der Waals surface area contributed by atoms with Gasteiger partial charge in [0.2, 0.25) is 0 Å². The second-order valence-electron chi connectivity index (χ2n) is 5.48. The Hall–Kier alpha value is -1.06. The first kappa shape index (κ1) is 12.9. The van der Waals surface area contributed by atoms with Crippen LogP contribution in [0.4, 0.5) is 5.69 Å². The molecule has 1 aromatic carbocycles. The van der Waals surface area contributed by atoms with Crippen LogP contribution in [-0.2, 0) is 4.79 Å². The van der Waals surface area contributed by atoms with E-state index < -0.39 is 0 Å². The van der Waals surface area contributed by atoms with Crippen LogP contribution >= 0.6 is 11.6 Å². The lowest BCUT2D eigenvalue weighted by Crippen LogP contribution is -2.48. The molecule has 2 aliphatic rings. The highest BCUT2D eigenvalue weighted by Crippen LogP contribution is 2.30. The number of carbonyl (C=O) groups excluding carboxylic acids is 1. The van der Waals surface area contributed by atoms with E-state index in [9.17, 15) is 4.79 Å². The van der Waals surface area contributed by atoms with E-state index in [2.05, 4.69) is 15.9 Å². The molecule has 1 aromatic rings. The fourth-order valence-corrected chi connectivity index (χ4v) is 2.78. The molecule has 1 saturated carbocycles. The number of hydrogen-bond donors (Lipinski definition) is 0. The van der Waals surface area contributed by atoms with E-state index >= 15 is 0 Å². The van der Waals surface area contributed by atoms with Crippen LogP contribution in [0.1, 0.15) is 12.8 Å². The fourth-order valence-electron chi connectivity index (χ4n) is 2.59. The van der Waals surface area contributed by atoms with Gasteiger partial charge in [0.05, 0.1) is 6.54 Å². The van der Waals surface area contributed by atoms with Gasteiger partial charge in [-0.1, -0.05) is 17.7 Å². The molecule has 0 spiro atoms. The van der Waals surface area contributed by atoms with Gasteiger partial charge in [-0.3, -0.25) is 9.69 Å². The first-order valence-electron chi connectivity index (χ1n) is 6.98. The van der Waals surface area contributed by atoms with Crippen LogP contribution < -0.4 is 4.90 Å². The van der Waals surface area contributed by atoms with Crippen LogP contribution in [0.2, 0.25) is 5.02 Å². The van der Waals surface area contributed by atoms with Crippen molar-refractivity contribution in [1.29, 1.82) is 0 Å². The van der Waals surface area contributed by atoms with E-state index in [1.807, 2.05) is 18.2 Å². The van der Waals surface area contributed by atoms with Crippen molar-refractivity contribution >= 4 is 23.1 Å². The molecule has 1 saturated heterocycles. The molecule has 4 heteroatoms. The summed E-state index contributed by atoms with van der Waals surface area (Å²) in [7, 11) is 0. The van der Waals surface area contributed by atoms with Gasteiger partial charge in [-0.25, -0.2) is 0 Å². The Morgan fingerprint density at radius 2 is 1.95 bits per heavy atom. The Morgan fingerprint density at radius 1 is 1.21 bits per heavy atom. The smallest absolute Gasteiger partial charge is 0.149 e. The molecule has 0 aromatic heterocycles. The maximum absolute atomic E-state index is 11.8. The molecule has 3 nitrogen and oxygen atoms in total. The van der Waals surface area contributed by atoms with E-state index in [1.54, 1.807) is 0 Å². The monoisotopic (exact) mass is 278 g/mol. The lowest BCUT2D eigenvalue weighted by atomic mass is 10.2. The van der Waals surface area contributed by atoms with E-state index in [0.29, 0.717) is 18.2 Å². The average molecular weight is 279 g/mol. The summed E-state index contributed by atoms with van der Waals surface area (Å²) in [5, 5.41) is 0.781. The summed E-state index contributed by atoms with van der Waals surface area (Å²) >= 11 is 6.02. The van der Waals surface area contributed by atoms with Crippen molar-refractivity contribution < 1.29 is 4.79 Å². The lowest BCUT2D eigenvalue weighted by Gasteiger charge is -2.35. The molecule has 0 unspecified atom stereocenters. The summed E-state index contributed by atoms with van der Waals surface area (Å²) in [5.41, 5.74) is 1.18. The van der Waals surface area contributed by atoms with Crippen molar-refractivity contribution in [3.63, 3.8) is 0 Å². The molecule has 1 heterocycles. The Bertz CT molecular complexity index is 465. The van der Waals surface area contributed by atoms with Gasteiger partial charge in [-0.15, -0.1) is 0 Å². The largest absolute Gasteiger partial charge is 0.369 e. The molecule has 19 heavy (non-hydrogen) atoms. The first-order chi connectivity index (χ1) is 9.22. The van der Waals surface area contributed by atoms with Gasteiger partial charge in [-0.2, -0.15) is 0 Å². The summed E-state index contributed by atoms with van der Waals surface area (Å²) in [5.74, 6) is 0.821. The quantitative estimate of drug-likeness (QED) is 0.845. The third kappa shape index (κ3) is 3.28. The van der Waals surface area contributed by atoms with Crippen molar-refractivity contribution in [3.8, 4) is 0 Å². The maximum atomic E-state index is 11.8. The second-order valence-corrected chi connectivity index (χ2v) is 5.92. The molecule has 102 valence electrons. The summed E-state index contributed by atoms with van der Waals surface area (Å²) in [4.78, 5) is 16.4. The van der Waals surface area contributed by atoms with Gasteiger partial charge >= 0.3 is 0 Å². The summed E-state index contributed by atoms with van der Waals surface area (Å²) < 4.78 is 0. The number of hydrogen-bond acceptors (Lipinski definition) is 3. The average Bonchev–Trinajstić information content (AvgIpc) is 3.24. The number of anilines is 1. The number of ketones is 1. The molecule has 0 radical (unpaired) electrons. The molecule has 3 rings (SSSR count). The molecule has 2 fully saturated rings. The Kier molecular flexibility index (Phi) is 3.76. The summed E-state index contributed by atoms with van der Waals surface area (Å²) in [6.45, 7) is 4.51. The Morgan fingerprint density at radius 3 is 2.58 bits per heavy atom. The van der Waals surface area contributed by atoms with Gasteiger partial charge in [0.15, 0.2) is 0 Å². The number of nitrogens with zero attached hydrogens (tertiary/aromatic N) is 2. The van der Waals surface area contributed by atoms with Crippen molar-refractivity contribution in [3.05, 3.63) is 29.3 Å². The van der Waals surface area contributed by atoms with Gasteiger partial charge in [-0.05, 0) is 31.0 Å². The predicted octanol–water partition coefficient (Wildman–Crippen LogP) is 2.44. The van der Waals surface area contributed by atoms with E-state index in [0.717, 1.165) is 44.0 Å². The molecule has 0 N–H and O–H groups in total. The Labute approximate surface area is 119 Å². The van der Waals surface area contributed by atoms with E-state index in [1.165, 1.54) is 5.69 Å². The summed E-state index contributed by atoms with van der Waals surface area (Å²) in [6.07, 6.45) is 2.22. The third-order valence-corrected chi connectivity index (χ3v) is 4.19. The molecule has 1 aliphatic heterocycles. The highest BCUT2D eigenvalue weighted by molar-refractivity contribution is 6.30. The number of Topliss-reactive ketones (excluding diaryl/α,β-unsaturated/α-hetero) is 1. The molecule has 0 amide bonds. The molecule has 0 atom stereocenters. The van der Waals surface area contributed by atoms with E-state index in [-0.39, 0.29) is 0 Å². The number of carbonyl (C=O) groups is 1. The SMILES string of the molecule is O=C(CN1CCN(c2cccc(Cl)c2)CC1)C1CC1. The highest BCUT2D eigenvalue weighted by Gasteiger charge is 2.31. The number of rotatable bonds is 4. The topological polar surface area (TPSA) is 23.6 Å². The zero-order valence-electron chi connectivity index (χ0n) is 11.0. The Balaban J connectivity index is 1.52. The predicted molar refractivity (Wildman–Crippen MR) is 77.8 cm³/mol. The van der Waals surface area contributed by atoms with Crippen LogP contribution in [0, 0.1) is 5.92 Å². The van der Waals surface area contributed by atoms with Crippen molar-refractivity contribution in [2.45, 2.75) is 12.8 Å². The van der Waals surface area contributed by atoms with Crippen molar-refractivity contribution in [2.75, 3.05) is 37.6 Å². The molecular weight excluding hydrogens is 260 g/mol. The molecular formula is C15H19ClN2O. The lowest BCUT2D eigenvalue weighted by molar-refractivity contribution is -0.121. The minimum absolute atomic E-state index is 0.381. The van der Waals surface area contributed by atoms with Crippen LogP contribution in [0.5, 0.6) is 0 Å². The van der Waals surface area contributed by atoms with Crippen molar-refractivity contribution in [1.82, 2.24) is 4.90 Å². The fraction of sp³-hybridized carbons (Fsp3) is 0.533. The maximum Gasteiger partial charge on any atom is 0.149 e. The second kappa shape index (κ2) is 5.51. The highest BCUT2D eigenvalue weighted by atomic mass is 35.5. The normalized spacial score (nSPS) is 20.6. The van der Waals surface area contributed by atoms with E-state index in [4.69, 9.17) is 11.6 Å². The van der Waals surface area contributed by atoms with Crippen LogP contribution in [0.3, 0.4) is 0 Å². The molecule has 0 bridgehead atoms. The van der Waals surface area contributed by atoms with Gasteiger partial charge in [0.25, 0.3) is 0 Å². The van der Waals surface area contributed by atoms with Crippen LogP contribution in [-0.4, -0.2) is 43.4 Å². The number of benzene rings is 1. The minimum Gasteiger partial charge on any atom is -0.369 e. The van der Waals surface area contributed by atoms with Gasteiger partial charge in [0.1, 0.15) is 5.78 Å². The third-order valence-electron chi connectivity index (χ3n) is 3.96. The molecule has 1 aliphatic carbocycles. The van der Waals surface area contributed by atoms with Crippen LogP contribution in [0.15, 0.2) is 24.3 Å². The van der Waals surface area contributed by atoms with Gasteiger partial charge in [0, 0.05) is 42.8 Å². The zero-order chi connectivity index (χ0) is 13.2. The van der Waals surface area contributed by atoms with Crippen LogP contribution in [0.25, 0.3) is 0 Å². The first-order valence-corrected chi connectivity index (χ1v) is 7.36. The number of halogens is 1. The summed E-state index contributed by atoms with van der Waals surface area (Å²) in [6, 6.07) is 7.99. The van der Waals surface area contributed by atoms with Gasteiger partial charge < -0.3 is 4.90 Å². The zero-order valence-corrected chi connectivity index (χ0v) is 11.8. The van der Waals surface area contributed by atoms with Crippen molar-refractivity contribution in [2.24, 2.45) is 5.92 Å².